The molecular weight excluding hydrogens is 544 g/mol. The quantitative estimate of drug-likeness (QED) is 0.337. The van der Waals surface area contributed by atoms with Gasteiger partial charge in [-0.3, -0.25) is 14.0 Å². The van der Waals surface area contributed by atoms with Crippen molar-refractivity contribution in [3.05, 3.63) is 64.8 Å². The number of nitrogen functional groups attached to an aromatic ring is 1. The second-order valence-corrected chi connectivity index (χ2v) is 12.0. The molecular formula is C32H40N8O3. The van der Waals surface area contributed by atoms with Crippen LogP contribution in [0.3, 0.4) is 0 Å². The summed E-state index contributed by atoms with van der Waals surface area (Å²) in [6.07, 6.45) is 5.66. The van der Waals surface area contributed by atoms with E-state index in [1.54, 1.807) is 17.7 Å². The van der Waals surface area contributed by atoms with Crippen LogP contribution >= 0.6 is 0 Å². The molecule has 11 nitrogen and oxygen atoms in total. The molecule has 7 rings (SSSR count). The summed E-state index contributed by atoms with van der Waals surface area (Å²) in [4.78, 5) is 28.3. The number of hydrogen-bond acceptors (Lipinski definition) is 9. The number of aromatic nitrogens is 4. The fourth-order valence-electron chi connectivity index (χ4n) is 6.91. The van der Waals surface area contributed by atoms with Crippen molar-refractivity contribution in [3.8, 4) is 22.9 Å². The van der Waals surface area contributed by atoms with Crippen LogP contribution in [0.1, 0.15) is 37.3 Å². The normalized spacial score (nSPS) is 19.5. The third kappa shape index (κ3) is 5.26. The number of anilines is 1. The Labute approximate surface area is 251 Å². The molecule has 0 saturated carbocycles. The van der Waals surface area contributed by atoms with E-state index < -0.39 is 0 Å². The number of methoxy groups -OCH3 is 1. The van der Waals surface area contributed by atoms with Gasteiger partial charge in [0.05, 0.1) is 12.8 Å². The lowest BCUT2D eigenvalue weighted by atomic mass is 9.96. The molecule has 43 heavy (non-hydrogen) atoms. The van der Waals surface area contributed by atoms with Gasteiger partial charge in [-0.15, -0.1) is 0 Å². The molecule has 0 atom stereocenters. The standard InChI is InChI=1S/C32H40N8O3/c1-21-3-6-26(7-4-21)43-27-8-5-24(17-28(27)42-2)39-29-30(33)35-20-36-31(29)40(32(39)41)23-11-15-37(16-12-23)22-9-13-38(14-10-22)25-18-34-19-25/h3-8,17,20,22-23,25,34H,9-16,18-19H2,1-2H3,(H2,33,35,36). The summed E-state index contributed by atoms with van der Waals surface area (Å²) < 4.78 is 15.2. The number of piperidine rings is 2. The minimum Gasteiger partial charge on any atom is -0.493 e. The Morgan fingerprint density at radius 3 is 2.19 bits per heavy atom. The van der Waals surface area contributed by atoms with Crippen LogP contribution in [0.4, 0.5) is 5.82 Å². The number of hydrogen-bond donors (Lipinski definition) is 2. The average molecular weight is 585 g/mol. The smallest absolute Gasteiger partial charge is 0.335 e. The molecule has 3 aliphatic rings. The second-order valence-electron chi connectivity index (χ2n) is 12.0. The van der Waals surface area contributed by atoms with E-state index in [9.17, 15) is 4.79 Å². The van der Waals surface area contributed by atoms with Crippen molar-refractivity contribution >= 4 is 17.0 Å². The van der Waals surface area contributed by atoms with Gasteiger partial charge in [-0.2, -0.15) is 0 Å². The van der Waals surface area contributed by atoms with E-state index in [0.29, 0.717) is 40.1 Å². The van der Waals surface area contributed by atoms with Crippen LogP contribution in [-0.2, 0) is 0 Å². The van der Waals surface area contributed by atoms with Gasteiger partial charge in [-0.25, -0.2) is 14.8 Å². The van der Waals surface area contributed by atoms with Gasteiger partial charge in [0.1, 0.15) is 17.6 Å². The molecule has 5 heterocycles. The first-order valence-corrected chi connectivity index (χ1v) is 15.4. The molecule has 0 aliphatic carbocycles. The maximum Gasteiger partial charge on any atom is 0.335 e. The summed E-state index contributed by atoms with van der Waals surface area (Å²) in [7, 11) is 1.59. The molecule has 3 saturated heterocycles. The third-order valence-corrected chi connectivity index (χ3v) is 9.49. The van der Waals surface area contributed by atoms with Gasteiger partial charge < -0.3 is 25.4 Å². The largest absolute Gasteiger partial charge is 0.493 e. The minimum absolute atomic E-state index is 0.0361. The maximum atomic E-state index is 14.2. The van der Waals surface area contributed by atoms with Gasteiger partial charge in [-0.1, -0.05) is 17.7 Å². The predicted octanol–water partition coefficient (Wildman–Crippen LogP) is 3.35. The Balaban J connectivity index is 1.14. The molecule has 0 spiro atoms. The van der Waals surface area contributed by atoms with E-state index in [1.807, 2.05) is 47.9 Å². The lowest BCUT2D eigenvalue weighted by Gasteiger charge is -2.46. The molecule has 4 aromatic rings. The highest BCUT2D eigenvalue weighted by Crippen LogP contribution is 2.35. The van der Waals surface area contributed by atoms with Gasteiger partial charge in [-0.05, 0) is 56.9 Å². The van der Waals surface area contributed by atoms with Crippen molar-refractivity contribution < 1.29 is 9.47 Å². The Hall–Kier alpha value is -3.93. The molecule has 3 N–H and O–H groups in total. The van der Waals surface area contributed by atoms with Crippen molar-refractivity contribution in [2.45, 2.75) is 50.7 Å². The van der Waals surface area contributed by atoms with Crippen LogP contribution in [0, 0.1) is 6.92 Å². The molecule has 2 aromatic heterocycles. The lowest BCUT2D eigenvalue weighted by Crippen LogP contribution is -2.60. The van der Waals surface area contributed by atoms with Crippen LogP contribution in [0.2, 0.25) is 0 Å². The van der Waals surface area contributed by atoms with E-state index >= 15 is 0 Å². The van der Waals surface area contributed by atoms with Crippen LogP contribution in [0.15, 0.2) is 53.6 Å². The monoisotopic (exact) mass is 584 g/mol. The average Bonchev–Trinajstić information content (AvgIpc) is 3.31. The molecule has 0 radical (unpaired) electrons. The van der Waals surface area contributed by atoms with Gasteiger partial charge in [0.2, 0.25) is 0 Å². The summed E-state index contributed by atoms with van der Waals surface area (Å²) in [6, 6.07) is 14.7. The number of aryl methyl sites for hydroxylation is 1. The number of rotatable bonds is 7. The molecule has 0 bridgehead atoms. The summed E-state index contributed by atoms with van der Waals surface area (Å²) in [5.74, 6) is 2.04. The molecule has 2 aromatic carbocycles. The molecule has 11 heteroatoms. The predicted molar refractivity (Wildman–Crippen MR) is 166 cm³/mol. The van der Waals surface area contributed by atoms with Crippen molar-refractivity contribution in [3.63, 3.8) is 0 Å². The van der Waals surface area contributed by atoms with Crippen LogP contribution in [0.5, 0.6) is 17.2 Å². The third-order valence-electron chi connectivity index (χ3n) is 9.49. The highest BCUT2D eigenvalue weighted by atomic mass is 16.5. The van der Waals surface area contributed by atoms with E-state index in [-0.39, 0.29) is 17.5 Å². The zero-order chi connectivity index (χ0) is 29.5. The highest BCUT2D eigenvalue weighted by Gasteiger charge is 2.34. The summed E-state index contributed by atoms with van der Waals surface area (Å²) in [5.41, 5.74) is 9.08. The van der Waals surface area contributed by atoms with E-state index in [4.69, 9.17) is 15.2 Å². The molecule has 0 unspecified atom stereocenters. The van der Waals surface area contributed by atoms with Crippen molar-refractivity contribution in [1.29, 1.82) is 0 Å². The number of nitrogens with two attached hydrogens (primary N) is 1. The number of imidazole rings is 1. The number of nitrogens with zero attached hydrogens (tertiary/aromatic N) is 6. The summed E-state index contributed by atoms with van der Waals surface area (Å²) in [5, 5.41) is 3.39. The number of likely N-dealkylation sites (tertiary alicyclic amines) is 2. The fourth-order valence-corrected chi connectivity index (χ4v) is 6.91. The van der Waals surface area contributed by atoms with Gasteiger partial charge in [0.15, 0.2) is 23.0 Å². The number of ether oxygens (including phenoxy) is 2. The van der Waals surface area contributed by atoms with Gasteiger partial charge in [0.25, 0.3) is 0 Å². The second kappa shape index (κ2) is 11.6. The lowest BCUT2D eigenvalue weighted by molar-refractivity contribution is 0.0502. The highest BCUT2D eigenvalue weighted by molar-refractivity contribution is 5.84. The molecule has 226 valence electrons. The van der Waals surface area contributed by atoms with Crippen molar-refractivity contribution in [2.75, 3.05) is 52.1 Å². The molecule has 3 fully saturated rings. The van der Waals surface area contributed by atoms with E-state index in [2.05, 4.69) is 25.1 Å². The molecule has 0 amide bonds. The zero-order valence-electron chi connectivity index (χ0n) is 24.9. The van der Waals surface area contributed by atoms with Crippen molar-refractivity contribution in [1.82, 2.24) is 34.2 Å². The fraction of sp³-hybridized carbons (Fsp3) is 0.469. The zero-order valence-corrected chi connectivity index (χ0v) is 24.9. The Morgan fingerprint density at radius 2 is 1.53 bits per heavy atom. The van der Waals surface area contributed by atoms with Crippen LogP contribution in [0.25, 0.3) is 16.9 Å². The van der Waals surface area contributed by atoms with Gasteiger partial charge in [0, 0.05) is 63.5 Å². The number of fused-ring (bicyclic) bond motifs is 1. The SMILES string of the molecule is COc1cc(-n2c(=O)n(C3CCN(C4CCN(C5CNC5)CC4)CC3)c3ncnc(N)c32)ccc1Oc1ccc(C)cc1. The summed E-state index contributed by atoms with van der Waals surface area (Å²) >= 11 is 0. The minimum atomic E-state index is -0.169. The number of nitrogens with one attached hydrogen (secondary N) is 1. The Bertz CT molecular complexity index is 1650. The first kappa shape index (κ1) is 27.9. The van der Waals surface area contributed by atoms with E-state index in [0.717, 1.165) is 50.6 Å². The first-order valence-electron chi connectivity index (χ1n) is 15.4. The van der Waals surface area contributed by atoms with Gasteiger partial charge >= 0.3 is 5.69 Å². The molecule has 3 aliphatic heterocycles. The van der Waals surface area contributed by atoms with Crippen LogP contribution < -0.4 is 26.2 Å². The Morgan fingerprint density at radius 1 is 0.860 bits per heavy atom. The summed E-state index contributed by atoms with van der Waals surface area (Å²) in [6.45, 7) is 8.59. The Kier molecular flexibility index (Phi) is 7.54. The van der Waals surface area contributed by atoms with Crippen molar-refractivity contribution in [2.24, 2.45) is 0 Å². The first-order chi connectivity index (χ1) is 21.0. The topological polar surface area (TPSA) is 116 Å². The maximum absolute atomic E-state index is 14.2. The van der Waals surface area contributed by atoms with Crippen LogP contribution in [-0.4, -0.2) is 87.4 Å². The van der Waals surface area contributed by atoms with E-state index in [1.165, 1.54) is 32.3 Å². The number of benzene rings is 2.